The molecule has 0 aliphatic heterocycles. The monoisotopic (exact) mass is 280 g/mol. The molecule has 0 spiro atoms. The van der Waals surface area contributed by atoms with E-state index in [4.69, 9.17) is 15.6 Å². The van der Waals surface area contributed by atoms with E-state index in [-0.39, 0.29) is 18.4 Å². The first-order valence-electron chi connectivity index (χ1n) is 6.51. The fourth-order valence-corrected chi connectivity index (χ4v) is 1.70. The van der Waals surface area contributed by atoms with Gasteiger partial charge in [0.25, 0.3) is 0 Å². The van der Waals surface area contributed by atoms with Crippen molar-refractivity contribution in [3.63, 3.8) is 0 Å². The van der Waals surface area contributed by atoms with E-state index in [9.17, 15) is 9.59 Å². The first kappa shape index (κ1) is 16.0. The summed E-state index contributed by atoms with van der Waals surface area (Å²) in [4.78, 5) is 22.0. The van der Waals surface area contributed by atoms with Crippen LogP contribution in [0.25, 0.3) is 0 Å². The van der Waals surface area contributed by atoms with Gasteiger partial charge in [-0.1, -0.05) is 13.3 Å². The molecule has 0 aliphatic rings. The molecule has 4 N–H and O–H groups in total. The van der Waals surface area contributed by atoms with Crippen molar-refractivity contribution in [3.05, 3.63) is 24.3 Å². The number of ether oxygens (including phenoxy) is 1. The lowest BCUT2D eigenvalue weighted by Crippen LogP contribution is -2.26. The number of nitrogens with one attached hydrogen (secondary N) is 1. The van der Waals surface area contributed by atoms with Crippen molar-refractivity contribution in [2.45, 2.75) is 32.2 Å². The summed E-state index contributed by atoms with van der Waals surface area (Å²) in [6.07, 6.45) is 2.05. The Morgan fingerprint density at radius 1 is 1.35 bits per heavy atom. The van der Waals surface area contributed by atoms with Gasteiger partial charge in [-0.25, -0.2) is 4.79 Å². The third kappa shape index (κ3) is 6.19. The zero-order valence-corrected chi connectivity index (χ0v) is 11.5. The number of hydrogen-bond donors (Lipinski definition) is 3. The van der Waals surface area contributed by atoms with Crippen molar-refractivity contribution in [1.29, 1.82) is 0 Å². The van der Waals surface area contributed by atoms with Crippen molar-refractivity contribution < 1.29 is 19.4 Å². The maximum atomic E-state index is 11.7. The number of hydrogen-bond acceptors (Lipinski definition) is 4. The van der Waals surface area contributed by atoms with Crippen LogP contribution in [-0.2, 0) is 9.59 Å². The van der Waals surface area contributed by atoms with Gasteiger partial charge in [-0.2, -0.15) is 0 Å². The van der Waals surface area contributed by atoms with Gasteiger partial charge in [0.15, 0.2) is 6.61 Å². The Labute approximate surface area is 117 Å². The first-order chi connectivity index (χ1) is 9.51. The van der Waals surface area contributed by atoms with Crippen LogP contribution in [0.4, 0.5) is 5.69 Å². The molecule has 1 amide bonds. The Bertz CT molecular complexity index is 445. The normalized spacial score (nSPS) is 11.7. The summed E-state index contributed by atoms with van der Waals surface area (Å²) in [5, 5.41) is 11.2. The summed E-state index contributed by atoms with van der Waals surface area (Å²) in [6.45, 7) is 1.63. The standard InChI is InChI=1S/C14H20N2O4/c1-2-3-10(15)8-13(17)16-11-4-6-12(7-5-11)20-9-14(18)19/h4-7,10H,2-3,8-9,15H2,1H3,(H,16,17)(H,18,19). The minimum atomic E-state index is -1.03. The second kappa shape index (κ2) is 8.16. The smallest absolute Gasteiger partial charge is 0.341 e. The third-order valence-corrected chi connectivity index (χ3v) is 2.61. The Balaban J connectivity index is 2.44. The predicted molar refractivity (Wildman–Crippen MR) is 75.7 cm³/mol. The number of anilines is 1. The molecule has 0 heterocycles. The fraction of sp³-hybridized carbons (Fsp3) is 0.429. The summed E-state index contributed by atoms with van der Waals surface area (Å²) in [5.74, 6) is -0.731. The van der Waals surface area contributed by atoms with Gasteiger partial charge in [-0.15, -0.1) is 0 Å². The number of carbonyl (C=O) groups is 2. The molecule has 0 fully saturated rings. The molecule has 1 aromatic rings. The van der Waals surface area contributed by atoms with Crippen LogP contribution in [-0.4, -0.2) is 29.6 Å². The molecule has 6 nitrogen and oxygen atoms in total. The maximum Gasteiger partial charge on any atom is 0.341 e. The first-order valence-corrected chi connectivity index (χ1v) is 6.51. The quantitative estimate of drug-likeness (QED) is 0.671. The third-order valence-electron chi connectivity index (χ3n) is 2.61. The van der Waals surface area contributed by atoms with E-state index < -0.39 is 12.6 Å². The molecule has 0 saturated carbocycles. The van der Waals surface area contributed by atoms with Crippen LogP contribution in [0.5, 0.6) is 5.75 Å². The van der Waals surface area contributed by atoms with E-state index in [1.807, 2.05) is 6.92 Å². The fourth-order valence-electron chi connectivity index (χ4n) is 1.70. The van der Waals surface area contributed by atoms with Crippen LogP contribution < -0.4 is 15.8 Å². The number of amides is 1. The van der Waals surface area contributed by atoms with Gasteiger partial charge in [-0.3, -0.25) is 4.79 Å². The maximum absolute atomic E-state index is 11.7. The average Bonchev–Trinajstić information content (AvgIpc) is 2.37. The van der Waals surface area contributed by atoms with E-state index in [1.54, 1.807) is 24.3 Å². The minimum Gasteiger partial charge on any atom is -0.482 e. The number of carbonyl (C=O) groups excluding carboxylic acids is 1. The number of rotatable bonds is 8. The van der Waals surface area contributed by atoms with Gasteiger partial charge in [0.05, 0.1) is 0 Å². The molecule has 0 bridgehead atoms. The molecule has 110 valence electrons. The molecule has 20 heavy (non-hydrogen) atoms. The Hall–Kier alpha value is -2.08. The van der Waals surface area contributed by atoms with Crippen molar-refractivity contribution >= 4 is 17.6 Å². The van der Waals surface area contributed by atoms with Crippen molar-refractivity contribution in [3.8, 4) is 5.75 Å². The highest BCUT2D eigenvalue weighted by Gasteiger charge is 2.09. The van der Waals surface area contributed by atoms with Crippen molar-refractivity contribution in [1.82, 2.24) is 0 Å². The zero-order chi connectivity index (χ0) is 15.0. The summed E-state index contributed by atoms with van der Waals surface area (Å²) in [7, 11) is 0. The minimum absolute atomic E-state index is 0.127. The van der Waals surface area contributed by atoms with Gasteiger partial charge in [0.1, 0.15) is 5.75 Å². The average molecular weight is 280 g/mol. The van der Waals surface area contributed by atoms with E-state index in [0.29, 0.717) is 11.4 Å². The second-order valence-electron chi connectivity index (χ2n) is 4.51. The molecule has 1 atom stereocenters. The van der Waals surface area contributed by atoms with Gasteiger partial charge >= 0.3 is 5.97 Å². The van der Waals surface area contributed by atoms with Crippen molar-refractivity contribution in [2.24, 2.45) is 5.73 Å². The number of carboxylic acid groups (broad SMARTS) is 1. The summed E-state index contributed by atoms with van der Waals surface area (Å²) < 4.78 is 4.99. The molecule has 1 rings (SSSR count). The summed E-state index contributed by atoms with van der Waals surface area (Å²) in [5.41, 5.74) is 6.42. The topological polar surface area (TPSA) is 102 Å². The Kier molecular flexibility index (Phi) is 6.52. The lowest BCUT2D eigenvalue weighted by molar-refractivity contribution is -0.139. The second-order valence-corrected chi connectivity index (χ2v) is 4.51. The number of carboxylic acids is 1. The lowest BCUT2D eigenvalue weighted by Gasteiger charge is -2.11. The molecular weight excluding hydrogens is 260 g/mol. The molecular formula is C14H20N2O4. The molecule has 0 aliphatic carbocycles. The molecule has 1 aromatic carbocycles. The van der Waals surface area contributed by atoms with Crippen LogP contribution >= 0.6 is 0 Å². The van der Waals surface area contributed by atoms with Crippen molar-refractivity contribution in [2.75, 3.05) is 11.9 Å². The molecule has 1 unspecified atom stereocenters. The van der Waals surface area contributed by atoms with E-state index in [2.05, 4.69) is 5.32 Å². The summed E-state index contributed by atoms with van der Waals surface area (Å²) >= 11 is 0. The largest absolute Gasteiger partial charge is 0.482 e. The van der Waals surface area contributed by atoms with E-state index in [0.717, 1.165) is 12.8 Å². The number of aliphatic carboxylic acids is 1. The number of nitrogens with two attached hydrogens (primary N) is 1. The molecule has 0 aromatic heterocycles. The highest BCUT2D eigenvalue weighted by atomic mass is 16.5. The van der Waals surface area contributed by atoms with Gasteiger partial charge in [-0.05, 0) is 30.7 Å². The van der Waals surface area contributed by atoms with Crippen LogP contribution in [0, 0.1) is 0 Å². The Morgan fingerprint density at radius 2 is 2.00 bits per heavy atom. The van der Waals surface area contributed by atoms with Gasteiger partial charge in [0.2, 0.25) is 5.91 Å². The zero-order valence-electron chi connectivity index (χ0n) is 11.5. The van der Waals surface area contributed by atoms with Crippen LogP contribution in [0.15, 0.2) is 24.3 Å². The SMILES string of the molecule is CCCC(N)CC(=O)Nc1ccc(OCC(=O)O)cc1. The van der Waals surface area contributed by atoms with E-state index in [1.165, 1.54) is 0 Å². The lowest BCUT2D eigenvalue weighted by atomic mass is 10.1. The highest BCUT2D eigenvalue weighted by Crippen LogP contribution is 2.16. The molecule has 0 radical (unpaired) electrons. The van der Waals surface area contributed by atoms with Crippen LogP contribution in [0.1, 0.15) is 26.2 Å². The molecule has 0 saturated heterocycles. The highest BCUT2D eigenvalue weighted by molar-refractivity contribution is 5.91. The van der Waals surface area contributed by atoms with Crippen LogP contribution in [0.2, 0.25) is 0 Å². The molecule has 6 heteroatoms. The Morgan fingerprint density at radius 3 is 2.55 bits per heavy atom. The van der Waals surface area contributed by atoms with E-state index >= 15 is 0 Å². The van der Waals surface area contributed by atoms with Gasteiger partial charge in [0, 0.05) is 18.2 Å². The van der Waals surface area contributed by atoms with Gasteiger partial charge < -0.3 is 20.9 Å². The predicted octanol–water partition coefficient (Wildman–Crippen LogP) is 1.61. The summed E-state index contributed by atoms with van der Waals surface area (Å²) in [6, 6.07) is 6.38. The van der Waals surface area contributed by atoms with Crippen LogP contribution in [0.3, 0.4) is 0 Å². The number of benzene rings is 1.